The van der Waals surface area contributed by atoms with Gasteiger partial charge in [-0.15, -0.1) is 0 Å². The molecule has 1 aliphatic rings. The van der Waals surface area contributed by atoms with Gasteiger partial charge in [-0.05, 0) is 36.5 Å². The number of esters is 1. The van der Waals surface area contributed by atoms with Crippen molar-refractivity contribution in [2.24, 2.45) is 5.92 Å². The lowest BCUT2D eigenvalue weighted by Crippen LogP contribution is -2.47. The summed E-state index contributed by atoms with van der Waals surface area (Å²) in [4.78, 5) is 11.9. The minimum atomic E-state index is -0.405. The highest BCUT2D eigenvalue weighted by Gasteiger charge is 2.50. The number of benzene rings is 1. The Morgan fingerprint density at radius 3 is 2.69 bits per heavy atom. The van der Waals surface area contributed by atoms with E-state index in [0.717, 1.165) is 22.9 Å². The zero-order chi connectivity index (χ0) is 11.8. The fourth-order valence-electron chi connectivity index (χ4n) is 2.63. The van der Waals surface area contributed by atoms with E-state index >= 15 is 0 Å². The van der Waals surface area contributed by atoms with Crippen molar-refractivity contribution < 1.29 is 9.53 Å². The van der Waals surface area contributed by atoms with Crippen molar-refractivity contribution in [1.29, 1.82) is 0 Å². The van der Waals surface area contributed by atoms with Crippen molar-refractivity contribution in [3.8, 4) is 0 Å². The Balaban J connectivity index is 2.37. The number of hydrogen-bond donors (Lipinski definition) is 0. The molecule has 0 N–H and O–H groups in total. The average molecular weight is 283 g/mol. The summed E-state index contributed by atoms with van der Waals surface area (Å²) in [7, 11) is 1.46. The lowest BCUT2D eigenvalue weighted by atomic mass is 9.59. The SMILES string of the molecule is COC(=O)C1(c2cccc(Br)c2)CC(C)C1. The molecule has 0 atom stereocenters. The van der Waals surface area contributed by atoms with Gasteiger partial charge >= 0.3 is 5.97 Å². The molecular weight excluding hydrogens is 268 g/mol. The summed E-state index contributed by atoms with van der Waals surface area (Å²) in [5.74, 6) is 0.488. The van der Waals surface area contributed by atoms with Gasteiger partial charge in [-0.25, -0.2) is 0 Å². The van der Waals surface area contributed by atoms with Crippen LogP contribution in [-0.4, -0.2) is 13.1 Å². The molecule has 2 rings (SSSR count). The molecule has 1 saturated carbocycles. The van der Waals surface area contributed by atoms with Crippen LogP contribution >= 0.6 is 15.9 Å². The van der Waals surface area contributed by atoms with Gasteiger partial charge < -0.3 is 4.74 Å². The van der Waals surface area contributed by atoms with Gasteiger partial charge in [0.05, 0.1) is 12.5 Å². The van der Waals surface area contributed by atoms with Gasteiger partial charge in [0, 0.05) is 4.47 Å². The van der Waals surface area contributed by atoms with Gasteiger partial charge in [-0.1, -0.05) is 35.0 Å². The lowest BCUT2D eigenvalue weighted by Gasteiger charge is -2.44. The molecule has 0 aliphatic heterocycles. The standard InChI is InChI=1S/C13H15BrO2/c1-9-7-13(8-9,12(15)16-2)10-4-3-5-11(14)6-10/h3-6,9H,7-8H2,1-2H3. The summed E-state index contributed by atoms with van der Waals surface area (Å²) in [6.45, 7) is 2.17. The summed E-state index contributed by atoms with van der Waals surface area (Å²) in [6, 6.07) is 7.96. The number of methoxy groups -OCH3 is 1. The number of rotatable bonds is 2. The largest absolute Gasteiger partial charge is 0.468 e. The Hall–Kier alpha value is -0.830. The highest BCUT2D eigenvalue weighted by atomic mass is 79.9. The molecule has 0 heterocycles. The summed E-state index contributed by atoms with van der Waals surface area (Å²) in [5, 5.41) is 0. The second-order valence-corrected chi connectivity index (χ2v) is 5.51. The second kappa shape index (κ2) is 4.21. The molecular formula is C13H15BrO2. The van der Waals surface area contributed by atoms with E-state index in [2.05, 4.69) is 22.9 Å². The highest BCUT2D eigenvalue weighted by molar-refractivity contribution is 9.10. The summed E-state index contributed by atoms with van der Waals surface area (Å²) < 4.78 is 5.95. The number of carbonyl (C=O) groups is 1. The molecule has 0 bridgehead atoms. The Bertz CT molecular complexity index is 408. The van der Waals surface area contributed by atoms with E-state index in [1.165, 1.54) is 7.11 Å². The molecule has 86 valence electrons. The van der Waals surface area contributed by atoms with Gasteiger partial charge in [0.2, 0.25) is 0 Å². The molecule has 3 heteroatoms. The maximum Gasteiger partial charge on any atom is 0.316 e. The van der Waals surface area contributed by atoms with Gasteiger partial charge in [0.15, 0.2) is 0 Å². The first-order valence-electron chi connectivity index (χ1n) is 5.43. The van der Waals surface area contributed by atoms with E-state index in [-0.39, 0.29) is 5.97 Å². The van der Waals surface area contributed by atoms with Crippen LogP contribution in [-0.2, 0) is 14.9 Å². The van der Waals surface area contributed by atoms with E-state index in [0.29, 0.717) is 5.92 Å². The first kappa shape index (κ1) is 11.6. The maximum absolute atomic E-state index is 11.9. The number of halogens is 1. The zero-order valence-electron chi connectivity index (χ0n) is 9.50. The topological polar surface area (TPSA) is 26.3 Å². The minimum Gasteiger partial charge on any atom is -0.468 e. The Morgan fingerprint density at radius 2 is 2.19 bits per heavy atom. The molecule has 0 unspecified atom stereocenters. The first-order valence-corrected chi connectivity index (χ1v) is 6.22. The van der Waals surface area contributed by atoms with Gasteiger partial charge in [0.1, 0.15) is 0 Å². The molecule has 1 fully saturated rings. The average Bonchev–Trinajstić information content (AvgIpc) is 2.23. The Labute approximate surface area is 104 Å². The minimum absolute atomic E-state index is 0.108. The predicted molar refractivity (Wildman–Crippen MR) is 66.2 cm³/mol. The predicted octanol–water partition coefficient (Wildman–Crippen LogP) is 3.29. The Morgan fingerprint density at radius 1 is 1.50 bits per heavy atom. The van der Waals surface area contributed by atoms with E-state index < -0.39 is 5.41 Å². The number of ether oxygens (including phenoxy) is 1. The third-order valence-electron chi connectivity index (χ3n) is 3.35. The molecule has 0 radical (unpaired) electrons. The van der Waals surface area contributed by atoms with E-state index in [1.807, 2.05) is 24.3 Å². The number of carbonyl (C=O) groups excluding carboxylic acids is 1. The molecule has 0 spiro atoms. The second-order valence-electron chi connectivity index (χ2n) is 4.60. The normalized spacial score (nSPS) is 28.3. The van der Waals surface area contributed by atoms with Crippen LogP contribution in [0.15, 0.2) is 28.7 Å². The van der Waals surface area contributed by atoms with E-state index in [4.69, 9.17) is 4.74 Å². The van der Waals surface area contributed by atoms with Gasteiger partial charge in [0.25, 0.3) is 0 Å². The molecule has 2 nitrogen and oxygen atoms in total. The van der Waals surface area contributed by atoms with Crippen molar-refractivity contribution in [3.63, 3.8) is 0 Å². The monoisotopic (exact) mass is 282 g/mol. The molecule has 16 heavy (non-hydrogen) atoms. The van der Waals surface area contributed by atoms with Crippen LogP contribution in [0.3, 0.4) is 0 Å². The van der Waals surface area contributed by atoms with Crippen molar-refractivity contribution >= 4 is 21.9 Å². The first-order chi connectivity index (χ1) is 7.58. The number of hydrogen-bond acceptors (Lipinski definition) is 2. The summed E-state index contributed by atoms with van der Waals surface area (Å²) in [6.07, 6.45) is 1.77. The fraction of sp³-hybridized carbons (Fsp3) is 0.462. The summed E-state index contributed by atoms with van der Waals surface area (Å²) in [5.41, 5.74) is 0.657. The van der Waals surface area contributed by atoms with E-state index in [9.17, 15) is 4.79 Å². The summed E-state index contributed by atoms with van der Waals surface area (Å²) >= 11 is 3.44. The van der Waals surface area contributed by atoms with Crippen LogP contribution < -0.4 is 0 Å². The molecule has 1 aliphatic carbocycles. The van der Waals surface area contributed by atoms with Gasteiger partial charge in [-0.3, -0.25) is 4.79 Å². The van der Waals surface area contributed by atoms with Crippen molar-refractivity contribution in [1.82, 2.24) is 0 Å². The van der Waals surface area contributed by atoms with Crippen molar-refractivity contribution in [2.75, 3.05) is 7.11 Å². The van der Waals surface area contributed by atoms with Crippen LogP contribution in [0.25, 0.3) is 0 Å². The van der Waals surface area contributed by atoms with E-state index in [1.54, 1.807) is 0 Å². The third kappa shape index (κ3) is 1.77. The quantitative estimate of drug-likeness (QED) is 0.778. The molecule has 1 aromatic rings. The van der Waals surface area contributed by atoms with Crippen LogP contribution in [0.1, 0.15) is 25.3 Å². The lowest BCUT2D eigenvalue weighted by molar-refractivity contribution is -0.153. The van der Waals surface area contributed by atoms with Crippen LogP contribution in [0.4, 0.5) is 0 Å². The molecule has 0 amide bonds. The van der Waals surface area contributed by atoms with Crippen LogP contribution in [0.5, 0.6) is 0 Å². The van der Waals surface area contributed by atoms with Crippen LogP contribution in [0.2, 0.25) is 0 Å². The van der Waals surface area contributed by atoms with Crippen LogP contribution in [0, 0.1) is 5.92 Å². The van der Waals surface area contributed by atoms with Gasteiger partial charge in [-0.2, -0.15) is 0 Å². The fourth-order valence-corrected chi connectivity index (χ4v) is 3.03. The molecule has 1 aromatic carbocycles. The molecule has 0 aromatic heterocycles. The molecule has 0 saturated heterocycles. The van der Waals surface area contributed by atoms with Crippen molar-refractivity contribution in [2.45, 2.75) is 25.2 Å². The smallest absolute Gasteiger partial charge is 0.316 e. The Kier molecular flexibility index (Phi) is 3.06. The zero-order valence-corrected chi connectivity index (χ0v) is 11.1. The third-order valence-corrected chi connectivity index (χ3v) is 3.84. The highest BCUT2D eigenvalue weighted by Crippen LogP contribution is 2.48. The van der Waals surface area contributed by atoms with Crippen molar-refractivity contribution in [3.05, 3.63) is 34.3 Å². The maximum atomic E-state index is 11.9.